The van der Waals surface area contributed by atoms with Gasteiger partial charge in [-0.1, -0.05) is 27.7 Å². The molecule has 134 valence electrons. The van der Waals surface area contributed by atoms with Crippen molar-refractivity contribution in [3.05, 3.63) is 0 Å². The summed E-state index contributed by atoms with van der Waals surface area (Å²) in [5, 5.41) is 0.118. The fraction of sp³-hybridized carbons (Fsp3) is 0.944. The number of rotatable bonds is 5. The Morgan fingerprint density at radius 3 is 2.48 bits per heavy atom. The van der Waals surface area contributed by atoms with Crippen LogP contribution in [0.4, 0.5) is 0 Å². The molecule has 5 heteroatoms. The van der Waals surface area contributed by atoms with Crippen LogP contribution in [0.15, 0.2) is 0 Å². The van der Waals surface area contributed by atoms with Crippen LogP contribution < -0.4 is 0 Å². The highest BCUT2D eigenvalue weighted by molar-refractivity contribution is 6.74. The molecular weight excluding hydrogens is 308 g/mol. The first-order valence-electron chi connectivity index (χ1n) is 8.82. The molecule has 0 N–H and O–H groups in total. The maximum absolute atomic E-state index is 12.6. The van der Waals surface area contributed by atoms with Crippen molar-refractivity contribution in [2.24, 2.45) is 11.3 Å². The normalized spacial score (nSPS) is 35.4. The van der Waals surface area contributed by atoms with E-state index in [4.69, 9.17) is 13.9 Å². The first-order chi connectivity index (χ1) is 10.5. The molecular formula is C18H34O4Si. The third-order valence-electron chi connectivity index (χ3n) is 6.51. The van der Waals surface area contributed by atoms with E-state index in [-0.39, 0.29) is 22.7 Å². The van der Waals surface area contributed by atoms with Gasteiger partial charge in [0.2, 0.25) is 0 Å². The maximum Gasteiger partial charge on any atom is 0.193 e. The lowest BCUT2D eigenvalue weighted by Crippen LogP contribution is -2.52. The predicted octanol–water partition coefficient (Wildman–Crippen LogP) is 4.15. The van der Waals surface area contributed by atoms with E-state index >= 15 is 0 Å². The Hall–Kier alpha value is -0.233. The maximum atomic E-state index is 12.6. The lowest BCUT2D eigenvalue weighted by molar-refractivity contribution is -0.147. The fourth-order valence-electron chi connectivity index (χ4n) is 3.86. The van der Waals surface area contributed by atoms with Gasteiger partial charge in [0.15, 0.2) is 14.1 Å². The molecule has 0 amide bonds. The van der Waals surface area contributed by atoms with Crippen molar-refractivity contribution in [2.45, 2.75) is 83.7 Å². The van der Waals surface area contributed by atoms with E-state index < -0.39 is 8.32 Å². The molecule has 0 aliphatic heterocycles. The molecule has 4 atom stereocenters. The Balaban J connectivity index is 2.13. The second kappa shape index (κ2) is 6.58. The van der Waals surface area contributed by atoms with Crippen molar-refractivity contribution < 1.29 is 18.7 Å². The summed E-state index contributed by atoms with van der Waals surface area (Å²) >= 11 is 0. The minimum Gasteiger partial charge on any atom is -0.407 e. The molecule has 0 aromatic heterocycles. The van der Waals surface area contributed by atoms with Crippen molar-refractivity contribution in [2.75, 3.05) is 13.9 Å². The van der Waals surface area contributed by atoms with Crippen molar-refractivity contribution in [1.29, 1.82) is 0 Å². The molecule has 0 saturated heterocycles. The lowest BCUT2D eigenvalue weighted by Gasteiger charge is -2.46. The van der Waals surface area contributed by atoms with Gasteiger partial charge in [0.1, 0.15) is 12.9 Å². The van der Waals surface area contributed by atoms with Crippen LogP contribution in [-0.2, 0) is 18.7 Å². The summed E-state index contributed by atoms with van der Waals surface area (Å²) in [5.74, 6) is 0.723. The molecule has 0 unspecified atom stereocenters. The van der Waals surface area contributed by atoms with Crippen LogP contribution in [0.3, 0.4) is 0 Å². The first-order valence-corrected chi connectivity index (χ1v) is 11.7. The summed E-state index contributed by atoms with van der Waals surface area (Å²) in [6, 6.07) is 0. The molecule has 2 saturated carbocycles. The zero-order valence-corrected chi connectivity index (χ0v) is 16.9. The van der Waals surface area contributed by atoms with Crippen LogP contribution >= 0.6 is 0 Å². The fourth-order valence-corrected chi connectivity index (χ4v) is 5.14. The number of hydrogen-bond donors (Lipinski definition) is 0. The van der Waals surface area contributed by atoms with Crippen LogP contribution in [0.1, 0.15) is 53.4 Å². The van der Waals surface area contributed by atoms with E-state index in [1.165, 1.54) is 0 Å². The highest BCUT2D eigenvalue weighted by Crippen LogP contribution is 2.53. The SMILES string of the molecule is COCO[C@H]1CC[C@@H]2CC(=O)[C@H](O[Si](C)(C)C(C)(C)C)C[C@@]21C. The number of methoxy groups -OCH3 is 1. The third-order valence-corrected chi connectivity index (χ3v) is 11.0. The summed E-state index contributed by atoms with van der Waals surface area (Å²) in [5.41, 5.74) is 0.0273. The zero-order valence-electron chi connectivity index (χ0n) is 15.9. The Kier molecular flexibility index (Phi) is 5.46. The van der Waals surface area contributed by atoms with E-state index in [9.17, 15) is 4.79 Å². The molecule has 0 aromatic rings. The van der Waals surface area contributed by atoms with Gasteiger partial charge in [-0.15, -0.1) is 0 Å². The molecule has 23 heavy (non-hydrogen) atoms. The monoisotopic (exact) mass is 342 g/mol. The molecule has 2 aliphatic rings. The highest BCUT2D eigenvalue weighted by Gasteiger charge is 2.54. The number of carbonyl (C=O) groups is 1. The Morgan fingerprint density at radius 1 is 1.26 bits per heavy atom. The zero-order chi connectivity index (χ0) is 17.5. The highest BCUT2D eigenvalue weighted by atomic mass is 28.4. The minimum atomic E-state index is -1.94. The van der Waals surface area contributed by atoms with Gasteiger partial charge in [0.05, 0.1) is 6.10 Å². The van der Waals surface area contributed by atoms with Crippen molar-refractivity contribution >= 4 is 14.1 Å². The van der Waals surface area contributed by atoms with Crippen molar-refractivity contribution in [3.8, 4) is 0 Å². The van der Waals surface area contributed by atoms with Crippen LogP contribution in [0.2, 0.25) is 18.1 Å². The van der Waals surface area contributed by atoms with Crippen LogP contribution in [0, 0.1) is 11.3 Å². The van der Waals surface area contributed by atoms with Gasteiger partial charge in [-0.25, -0.2) is 0 Å². The quantitative estimate of drug-likeness (QED) is 0.556. The molecule has 2 aliphatic carbocycles. The number of carbonyl (C=O) groups excluding carboxylic acids is 1. The molecule has 2 rings (SSSR count). The van der Waals surface area contributed by atoms with Gasteiger partial charge in [-0.05, 0) is 48.7 Å². The van der Waals surface area contributed by atoms with Crippen molar-refractivity contribution in [3.63, 3.8) is 0 Å². The van der Waals surface area contributed by atoms with E-state index in [2.05, 4.69) is 40.8 Å². The standard InChI is InChI=1S/C18H34O4Si/c1-17(2,3)23(6,7)22-15-11-18(4)13(10-14(15)19)8-9-16(18)21-12-20-5/h13,15-16H,8-12H2,1-7H3/t13-,15-,16+,18+/m1/s1. The van der Waals surface area contributed by atoms with E-state index in [0.29, 0.717) is 24.9 Å². The smallest absolute Gasteiger partial charge is 0.193 e. The number of hydrogen-bond acceptors (Lipinski definition) is 4. The van der Waals surface area contributed by atoms with E-state index in [0.717, 1.165) is 19.3 Å². The largest absolute Gasteiger partial charge is 0.407 e. The van der Waals surface area contributed by atoms with Gasteiger partial charge in [-0.3, -0.25) is 4.79 Å². The Bertz CT molecular complexity index is 443. The lowest BCUT2D eigenvalue weighted by atomic mass is 9.67. The molecule has 0 radical (unpaired) electrons. The molecule has 0 spiro atoms. The molecule has 0 aromatic carbocycles. The Labute approximate surface area is 142 Å². The molecule has 0 bridgehead atoms. The van der Waals surface area contributed by atoms with Gasteiger partial charge in [0, 0.05) is 13.5 Å². The number of fused-ring (bicyclic) bond motifs is 1. The van der Waals surface area contributed by atoms with Gasteiger partial charge < -0.3 is 13.9 Å². The second-order valence-electron chi connectivity index (χ2n) is 9.08. The summed E-state index contributed by atoms with van der Waals surface area (Å²) in [6.45, 7) is 13.7. The predicted molar refractivity (Wildman–Crippen MR) is 93.9 cm³/mol. The topological polar surface area (TPSA) is 44.8 Å². The number of ether oxygens (including phenoxy) is 2. The van der Waals surface area contributed by atoms with Crippen molar-refractivity contribution in [1.82, 2.24) is 0 Å². The molecule has 4 nitrogen and oxygen atoms in total. The molecule has 0 heterocycles. The van der Waals surface area contributed by atoms with Crippen LogP contribution in [-0.4, -0.2) is 40.2 Å². The van der Waals surface area contributed by atoms with E-state index in [1.807, 2.05) is 0 Å². The average molecular weight is 343 g/mol. The number of ketones is 1. The molecule has 2 fully saturated rings. The minimum absolute atomic E-state index is 0.0273. The average Bonchev–Trinajstić information content (AvgIpc) is 2.71. The van der Waals surface area contributed by atoms with Gasteiger partial charge in [-0.2, -0.15) is 0 Å². The first kappa shape index (κ1) is 19.1. The van der Waals surface area contributed by atoms with Crippen LogP contribution in [0.5, 0.6) is 0 Å². The summed E-state index contributed by atoms with van der Waals surface area (Å²) in [7, 11) is -0.289. The van der Waals surface area contributed by atoms with Gasteiger partial charge >= 0.3 is 0 Å². The number of Topliss-reactive ketones (excluding diaryl/α,β-unsaturated/α-hetero) is 1. The third kappa shape index (κ3) is 3.73. The second-order valence-corrected chi connectivity index (χ2v) is 13.8. The van der Waals surface area contributed by atoms with E-state index in [1.54, 1.807) is 7.11 Å². The van der Waals surface area contributed by atoms with Crippen LogP contribution in [0.25, 0.3) is 0 Å². The van der Waals surface area contributed by atoms with Gasteiger partial charge in [0.25, 0.3) is 0 Å². The summed E-state index contributed by atoms with van der Waals surface area (Å²) in [6.07, 6.45) is 3.43. The Morgan fingerprint density at radius 2 is 1.91 bits per heavy atom. The summed E-state index contributed by atoms with van der Waals surface area (Å²) < 4.78 is 17.5. The summed E-state index contributed by atoms with van der Waals surface area (Å²) in [4.78, 5) is 12.6.